The summed E-state index contributed by atoms with van der Waals surface area (Å²) in [4.78, 5) is 48.9. The van der Waals surface area contributed by atoms with E-state index in [1.807, 2.05) is 36.4 Å². The molecule has 12 nitrogen and oxygen atoms in total. The Hall–Kier alpha value is -3.88. The summed E-state index contributed by atoms with van der Waals surface area (Å²) in [5.74, 6) is 0.131. The van der Waals surface area contributed by atoms with Crippen molar-refractivity contribution in [2.45, 2.75) is 44.2 Å². The number of unbranched alkanes of at least 4 members (excludes halogenated alkanes) is 1. The third-order valence-electron chi connectivity index (χ3n) is 8.18. The molecular formula is C34H43Br2N7O5. The molecule has 48 heavy (non-hydrogen) atoms. The van der Waals surface area contributed by atoms with E-state index in [9.17, 15) is 19.5 Å². The maximum Gasteiger partial charge on any atom is 0.315 e. The quantitative estimate of drug-likeness (QED) is 0.146. The highest BCUT2D eigenvalue weighted by Crippen LogP contribution is 2.33. The molecule has 0 radical (unpaired) electrons. The van der Waals surface area contributed by atoms with Crippen molar-refractivity contribution in [1.82, 2.24) is 25.8 Å². The van der Waals surface area contributed by atoms with Crippen LogP contribution in [0.15, 0.2) is 69.9 Å². The van der Waals surface area contributed by atoms with E-state index in [0.717, 1.165) is 17.0 Å². The minimum absolute atomic E-state index is 0.0265. The summed E-state index contributed by atoms with van der Waals surface area (Å²) < 4.78 is 6.08. The van der Waals surface area contributed by atoms with Crippen LogP contribution in [-0.4, -0.2) is 91.3 Å². The molecule has 0 unspecified atom stereocenters. The van der Waals surface area contributed by atoms with Crippen molar-refractivity contribution in [3.05, 3.63) is 81.0 Å². The number of nitrogens with zero attached hydrogens (tertiary/aromatic N) is 3. The van der Waals surface area contributed by atoms with Gasteiger partial charge in [0, 0.05) is 57.2 Å². The van der Waals surface area contributed by atoms with Crippen molar-refractivity contribution in [3.8, 4) is 11.5 Å². The third-order valence-corrected chi connectivity index (χ3v) is 9.39. The number of hydrogen-bond acceptors (Lipinski definition) is 8. The van der Waals surface area contributed by atoms with Crippen LogP contribution in [0.25, 0.3) is 0 Å². The number of benzene rings is 2. The van der Waals surface area contributed by atoms with Crippen LogP contribution in [0, 0.1) is 0 Å². The predicted octanol–water partition coefficient (Wildman–Crippen LogP) is 3.74. The second-order valence-corrected chi connectivity index (χ2v) is 13.2. The van der Waals surface area contributed by atoms with Crippen molar-refractivity contribution in [2.24, 2.45) is 5.73 Å². The number of carbonyl (C=O) groups excluding carboxylic acids is 3. The van der Waals surface area contributed by atoms with Gasteiger partial charge in [0.2, 0.25) is 11.8 Å². The Morgan fingerprint density at radius 2 is 1.60 bits per heavy atom. The average molecular weight is 790 g/mol. The topological polar surface area (TPSA) is 162 Å². The number of aromatic hydroxyl groups is 1. The highest BCUT2D eigenvalue weighted by molar-refractivity contribution is 9.11. The van der Waals surface area contributed by atoms with Crippen LogP contribution in [0.3, 0.4) is 0 Å². The Morgan fingerprint density at radius 1 is 0.938 bits per heavy atom. The predicted molar refractivity (Wildman–Crippen MR) is 192 cm³/mol. The number of pyridine rings is 1. The fraction of sp³-hybridized carbons (Fsp3) is 0.412. The number of aromatic nitrogens is 1. The number of hydrogen-bond donors (Lipinski definition) is 5. The maximum atomic E-state index is 13.9. The zero-order chi connectivity index (χ0) is 34.5. The molecule has 14 heteroatoms. The van der Waals surface area contributed by atoms with Gasteiger partial charge in [-0.2, -0.15) is 0 Å². The average Bonchev–Trinajstić information content (AvgIpc) is 3.10. The molecule has 2 atom stereocenters. The molecule has 258 valence electrons. The van der Waals surface area contributed by atoms with Crippen molar-refractivity contribution in [1.29, 1.82) is 0 Å². The van der Waals surface area contributed by atoms with Crippen LogP contribution in [0.5, 0.6) is 11.5 Å². The van der Waals surface area contributed by atoms with E-state index >= 15 is 0 Å². The van der Waals surface area contributed by atoms with Gasteiger partial charge in [-0.15, -0.1) is 0 Å². The van der Waals surface area contributed by atoms with E-state index in [1.54, 1.807) is 36.5 Å². The Kier molecular flexibility index (Phi) is 14.3. The molecule has 1 aliphatic heterocycles. The molecule has 2 aromatic carbocycles. The normalized spacial score (nSPS) is 14.2. The highest BCUT2D eigenvalue weighted by Gasteiger charge is 2.31. The summed E-state index contributed by atoms with van der Waals surface area (Å²) in [5.41, 5.74) is 8.49. The molecule has 0 bridgehead atoms. The molecule has 1 aliphatic rings. The molecule has 6 N–H and O–H groups in total. The van der Waals surface area contributed by atoms with Gasteiger partial charge in [0.15, 0.2) is 0 Å². The number of nitrogens with one attached hydrogen (secondary N) is 3. The lowest BCUT2D eigenvalue weighted by Crippen LogP contribution is -2.58. The molecular weight excluding hydrogens is 746 g/mol. The van der Waals surface area contributed by atoms with Gasteiger partial charge >= 0.3 is 6.03 Å². The number of piperazine rings is 1. The van der Waals surface area contributed by atoms with Gasteiger partial charge in [0.1, 0.15) is 23.6 Å². The van der Waals surface area contributed by atoms with E-state index in [0.29, 0.717) is 79.5 Å². The maximum absolute atomic E-state index is 13.9. The molecule has 0 spiro atoms. The number of carbonyl (C=O) groups is 3. The van der Waals surface area contributed by atoms with Crippen LogP contribution in [0.1, 0.15) is 30.4 Å². The smallest absolute Gasteiger partial charge is 0.315 e. The molecule has 0 aliphatic carbocycles. The molecule has 1 aromatic heterocycles. The Labute approximate surface area is 298 Å². The zero-order valence-corrected chi connectivity index (χ0v) is 30.1. The second-order valence-electron chi connectivity index (χ2n) is 11.5. The second kappa shape index (κ2) is 18.6. The SMILES string of the molecule is COc1ccc(CCNC(=O)N[C@@H](Cc2cc(Br)c(O)c(Br)c2)C(=O)N[C@@H](CCCCN)C(=O)N2CCN(c3ccncc3)CC2)cc1. The lowest BCUT2D eigenvalue weighted by atomic mass is 10.0. The summed E-state index contributed by atoms with van der Waals surface area (Å²) in [7, 11) is 1.60. The van der Waals surface area contributed by atoms with Crippen LogP contribution >= 0.6 is 31.9 Å². The number of anilines is 1. The third kappa shape index (κ3) is 10.8. The van der Waals surface area contributed by atoms with Crippen molar-refractivity contribution in [2.75, 3.05) is 51.3 Å². The number of rotatable bonds is 15. The molecule has 4 amide bonds. The summed E-state index contributed by atoms with van der Waals surface area (Å²) in [6.07, 6.45) is 5.98. The lowest BCUT2D eigenvalue weighted by molar-refractivity contribution is -0.137. The summed E-state index contributed by atoms with van der Waals surface area (Å²) in [6.45, 7) is 3.16. The number of ether oxygens (including phenoxy) is 1. The number of methoxy groups -OCH3 is 1. The van der Waals surface area contributed by atoms with E-state index in [-0.39, 0.29) is 18.1 Å². The largest absolute Gasteiger partial charge is 0.506 e. The first kappa shape index (κ1) is 36.9. The van der Waals surface area contributed by atoms with Gasteiger partial charge in [-0.25, -0.2) is 4.79 Å². The van der Waals surface area contributed by atoms with Gasteiger partial charge in [-0.05, 0) is 112 Å². The van der Waals surface area contributed by atoms with Crippen LogP contribution in [0.2, 0.25) is 0 Å². The molecule has 1 fully saturated rings. The first-order chi connectivity index (χ1) is 23.2. The fourth-order valence-electron chi connectivity index (χ4n) is 5.49. The van der Waals surface area contributed by atoms with Crippen LogP contribution in [0.4, 0.5) is 10.5 Å². The highest BCUT2D eigenvalue weighted by atomic mass is 79.9. The first-order valence-electron chi connectivity index (χ1n) is 16.0. The number of phenols is 1. The standard InChI is InChI=1S/C34H43Br2N7O5/c1-48-26-7-5-23(6-8-26)9-15-39-34(47)41-30(22-24-20-27(35)31(44)28(36)21-24)32(45)40-29(4-2-3-12-37)33(46)43-18-16-42(17-19-43)25-10-13-38-14-11-25/h5-8,10-11,13-14,20-21,29-30,44H,2-4,9,12,15-19,22,37H2,1H3,(H,40,45)(H2,39,41,47)/t29-,30-/m0/s1. The molecule has 4 rings (SSSR count). The van der Waals surface area contributed by atoms with Crippen molar-refractivity contribution < 1.29 is 24.2 Å². The lowest BCUT2D eigenvalue weighted by Gasteiger charge is -2.37. The summed E-state index contributed by atoms with van der Waals surface area (Å²) in [6, 6.07) is 12.5. The van der Waals surface area contributed by atoms with E-state index in [1.165, 1.54) is 0 Å². The molecule has 2 heterocycles. The number of nitrogens with two attached hydrogens (primary N) is 1. The van der Waals surface area contributed by atoms with Gasteiger partial charge in [0.25, 0.3) is 0 Å². The van der Waals surface area contributed by atoms with Crippen molar-refractivity contribution in [3.63, 3.8) is 0 Å². The first-order valence-corrected chi connectivity index (χ1v) is 17.6. The van der Waals surface area contributed by atoms with E-state index < -0.39 is 24.0 Å². The molecule has 3 aromatic rings. The van der Waals surface area contributed by atoms with Gasteiger partial charge in [0.05, 0.1) is 16.1 Å². The van der Waals surface area contributed by atoms with Gasteiger partial charge in [-0.1, -0.05) is 12.1 Å². The number of amides is 4. The molecule has 0 saturated carbocycles. The fourth-order valence-corrected chi connectivity index (χ4v) is 6.77. The van der Waals surface area contributed by atoms with Crippen LogP contribution < -0.4 is 31.3 Å². The van der Waals surface area contributed by atoms with Crippen LogP contribution in [-0.2, 0) is 22.4 Å². The monoisotopic (exact) mass is 787 g/mol. The Morgan fingerprint density at radius 3 is 2.23 bits per heavy atom. The number of urea groups is 1. The number of phenolic OH excluding ortho intramolecular Hbond substituents is 1. The van der Waals surface area contributed by atoms with Gasteiger partial charge in [-0.3, -0.25) is 14.6 Å². The van der Waals surface area contributed by atoms with Gasteiger partial charge < -0.3 is 41.3 Å². The van der Waals surface area contributed by atoms with E-state index in [4.69, 9.17) is 10.5 Å². The Bertz CT molecular complexity index is 1480. The van der Waals surface area contributed by atoms with Crippen molar-refractivity contribution >= 4 is 55.4 Å². The summed E-state index contributed by atoms with van der Waals surface area (Å²) >= 11 is 6.69. The molecule has 1 saturated heterocycles. The minimum Gasteiger partial charge on any atom is -0.506 e. The number of halogens is 2. The Balaban J connectivity index is 1.44. The zero-order valence-electron chi connectivity index (χ0n) is 27.0. The summed E-state index contributed by atoms with van der Waals surface area (Å²) in [5, 5.41) is 18.8. The minimum atomic E-state index is -1.01. The van der Waals surface area contributed by atoms with E-state index in [2.05, 4.69) is 57.7 Å².